The Morgan fingerprint density at radius 2 is 2.08 bits per heavy atom. The van der Waals surface area contributed by atoms with Gasteiger partial charge in [0.05, 0.1) is 6.42 Å². The molecule has 1 atom stereocenters. The van der Waals surface area contributed by atoms with Gasteiger partial charge in [0.15, 0.2) is 0 Å². The van der Waals surface area contributed by atoms with Crippen LogP contribution >= 0.6 is 11.6 Å². The number of nitrogens with two attached hydrogens (primary N) is 1. The summed E-state index contributed by atoms with van der Waals surface area (Å²) in [7, 11) is 0. The monoisotopic (exact) mass is 358 g/mol. The van der Waals surface area contributed by atoms with Crippen LogP contribution in [0.5, 0.6) is 5.75 Å². The van der Waals surface area contributed by atoms with Crippen LogP contribution in [0, 0.1) is 5.92 Å². The first-order chi connectivity index (χ1) is 12.2. The first-order valence-electron chi connectivity index (χ1n) is 8.58. The zero-order valence-electron chi connectivity index (χ0n) is 14.2. The summed E-state index contributed by atoms with van der Waals surface area (Å²) in [4.78, 5) is 14.3. The summed E-state index contributed by atoms with van der Waals surface area (Å²) in [6, 6.07) is 15.3. The lowest BCUT2D eigenvalue weighted by Gasteiger charge is -2.16. The van der Waals surface area contributed by atoms with Crippen molar-refractivity contribution in [2.75, 3.05) is 19.6 Å². The van der Waals surface area contributed by atoms with Crippen molar-refractivity contribution in [3.8, 4) is 5.75 Å². The van der Waals surface area contributed by atoms with Gasteiger partial charge in [-0.15, -0.1) is 0 Å². The minimum atomic E-state index is 0.152. The molecule has 2 N–H and O–H groups in total. The summed E-state index contributed by atoms with van der Waals surface area (Å²) >= 11 is 6.15. The number of benzene rings is 2. The summed E-state index contributed by atoms with van der Waals surface area (Å²) in [5.41, 5.74) is 7.59. The van der Waals surface area contributed by atoms with Gasteiger partial charge in [0.1, 0.15) is 12.4 Å². The van der Waals surface area contributed by atoms with Crippen LogP contribution in [0.15, 0.2) is 48.5 Å². The minimum absolute atomic E-state index is 0.152. The molecule has 1 amide bonds. The molecule has 0 aliphatic carbocycles. The zero-order chi connectivity index (χ0) is 17.6. The third-order valence-corrected chi connectivity index (χ3v) is 4.95. The predicted octanol–water partition coefficient (Wildman–Crippen LogP) is 3.27. The van der Waals surface area contributed by atoms with Gasteiger partial charge in [0, 0.05) is 23.7 Å². The number of hydrogen-bond acceptors (Lipinski definition) is 3. The van der Waals surface area contributed by atoms with Gasteiger partial charge in [0.2, 0.25) is 5.91 Å². The van der Waals surface area contributed by atoms with Gasteiger partial charge < -0.3 is 15.4 Å². The number of likely N-dealkylation sites (tertiary alicyclic amines) is 1. The molecular formula is C20H23ClN2O2. The van der Waals surface area contributed by atoms with E-state index in [0.717, 1.165) is 36.4 Å². The molecule has 2 aromatic rings. The van der Waals surface area contributed by atoms with Crippen LogP contribution in [0.3, 0.4) is 0 Å². The summed E-state index contributed by atoms with van der Waals surface area (Å²) in [6.07, 6.45) is 1.39. The Bertz CT molecular complexity index is 735. The van der Waals surface area contributed by atoms with Crippen LogP contribution < -0.4 is 10.5 Å². The maximum absolute atomic E-state index is 12.4. The quantitative estimate of drug-likeness (QED) is 0.862. The lowest BCUT2D eigenvalue weighted by Crippen LogP contribution is -2.31. The van der Waals surface area contributed by atoms with Crippen molar-refractivity contribution in [1.29, 1.82) is 0 Å². The molecule has 5 heteroatoms. The van der Waals surface area contributed by atoms with Gasteiger partial charge in [-0.1, -0.05) is 41.9 Å². The molecule has 0 bridgehead atoms. The molecule has 1 aliphatic rings. The molecule has 1 aliphatic heterocycles. The van der Waals surface area contributed by atoms with Gasteiger partial charge in [-0.3, -0.25) is 4.79 Å². The Labute approximate surface area is 153 Å². The Morgan fingerprint density at radius 1 is 1.24 bits per heavy atom. The van der Waals surface area contributed by atoms with Crippen LogP contribution in [0.25, 0.3) is 0 Å². The summed E-state index contributed by atoms with van der Waals surface area (Å²) < 4.78 is 5.83. The van der Waals surface area contributed by atoms with Crippen LogP contribution in [0.1, 0.15) is 17.5 Å². The van der Waals surface area contributed by atoms with Crippen LogP contribution in [0.2, 0.25) is 5.02 Å². The first kappa shape index (κ1) is 17.8. The van der Waals surface area contributed by atoms with Crippen molar-refractivity contribution in [1.82, 2.24) is 4.90 Å². The topological polar surface area (TPSA) is 55.6 Å². The highest BCUT2D eigenvalue weighted by Crippen LogP contribution is 2.21. The average molecular weight is 359 g/mol. The normalized spacial score (nSPS) is 16.9. The van der Waals surface area contributed by atoms with E-state index in [0.29, 0.717) is 30.5 Å². The van der Waals surface area contributed by atoms with Crippen molar-refractivity contribution in [3.63, 3.8) is 0 Å². The van der Waals surface area contributed by atoms with Crippen molar-refractivity contribution in [2.45, 2.75) is 19.4 Å². The Balaban J connectivity index is 1.58. The molecule has 3 rings (SSSR count). The number of amides is 1. The summed E-state index contributed by atoms with van der Waals surface area (Å²) in [5, 5.41) is 0.692. The van der Waals surface area contributed by atoms with E-state index in [9.17, 15) is 4.79 Å². The van der Waals surface area contributed by atoms with E-state index in [1.807, 2.05) is 53.4 Å². The fourth-order valence-corrected chi connectivity index (χ4v) is 3.25. The fourth-order valence-electron chi connectivity index (χ4n) is 3.06. The molecule has 0 spiro atoms. The Hall–Kier alpha value is -2.04. The molecule has 1 heterocycles. The van der Waals surface area contributed by atoms with Crippen molar-refractivity contribution >= 4 is 17.5 Å². The molecule has 0 radical (unpaired) electrons. The zero-order valence-corrected chi connectivity index (χ0v) is 14.9. The molecule has 0 saturated carbocycles. The molecule has 132 valence electrons. The molecule has 0 aromatic heterocycles. The third-order valence-electron chi connectivity index (χ3n) is 4.58. The van der Waals surface area contributed by atoms with Crippen molar-refractivity contribution in [2.24, 2.45) is 11.7 Å². The molecule has 1 unspecified atom stereocenters. The molecular weight excluding hydrogens is 336 g/mol. The van der Waals surface area contributed by atoms with E-state index < -0.39 is 0 Å². The highest BCUT2D eigenvalue weighted by molar-refractivity contribution is 6.31. The largest absolute Gasteiger partial charge is 0.489 e. The maximum atomic E-state index is 12.4. The molecule has 1 saturated heterocycles. The van der Waals surface area contributed by atoms with E-state index in [2.05, 4.69) is 0 Å². The second-order valence-electron chi connectivity index (χ2n) is 6.43. The van der Waals surface area contributed by atoms with Gasteiger partial charge in [-0.05, 0) is 42.6 Å². The lowest BCUT2D eigenvalue weighted by molar-refractivity contribution is -0.129. The van der Waals surface area contributed by atoms with Crippen molar-refractivity contribution in [3.05, 3.63) is 64.7 Å². The third kappa shape index (κ3) is 4.74. The van der Waals surface area contributed by atoms with Crippen LogP contribution in [-0.4, -0.2) is 30.4 Å². The maximum Gasteiger partial charge on any atom is 0.227 e. The molecule has 4 nitrogen and oxygen atoms in total. The standard InChI is InChI=1S/C20H23ClN2O2/c21-19-7-2-1-5-17(19)14-25-18-6-3-4-15(10-18)11-20(24)23-9-8-16(12-22)13-23/h1-7,10,16H,8-9,11-14,22H2. The van der Waals surface area contributed by atoms with E-state index >= 15 is 0 Å². The molecule has 2 aromatic carbocycles. The Kier molecular flexibility index (Phi) is 5.95. The minimum Gasteiger partial charge on any atom is -0.489 e. The van der Waals surface area contributed by atoms with Gasteiger partial charge in [-0.25, -0.2) is 0 Å². The fraction of sp³-hybridized carbons (Fsp3) is 0.350. The van der Waals surface area contributed by atoms with Crippen LogP contribution in [0.4, 0.5) is 0 Å². The number of hydrogen-bond donors (Lipinski definition) is 1. The average Bonchev–Trinajstić information content (AvgIpc) is 3.11. The number of ether oxygens (including phenoxy) is 1. The van der Waals surface area contributed by atoms with Crippen molar-refractivity contribution < 1.29 is 9.53 Å². The first-order valence-corrected chi connectivity index (χ1v) is 8.96. The Morgan fingerprint density at radius 3 is 2.84 bits per heavy atom. The SMILES string of the molecule is NCC1CCN(C(=O)Cc2cccc(OCc3ccccc3Cl)c2)C1. The highest BCUT2D eigenvalue weighted by Gasteiger charge is 2.25. The van der Waals surface area contributed by atoms with E-state index in [-0.39, 0.29) is 5.91 Å². The lowest BCUT2D eigenvalue weighted by atomic mass is 10.1. The van der Waals surface area contributed by atoms with Crippen LogP contribution in [-0.2, 0) is 17.8 Å². The number of carbonyl (C=O) groups excluding carboxylic acids is 1. The number of nitrogens with zero attached hydrogens (tertiary/aromatic N) is 1. The van der Waals surface area contributed by atoms with Gasteiger partial charge in [0.25, 0.3) is 0 Å². The number of halogens is 1. The smallest absolute Gasteiger partial charge is 0.227 e. The number of carbonyl (C=O) groups is 1. The van der Waals surface area contributed by atoms with Gasteiger partial charge in [-0.2, -0.15) is 0 Å². The van der Waals surface area contributed by atoms with E-state index in [1.54, 1.807) is 0 Å². The molecule has 1 fully saturated rings. The second kappa shape index (κ2) is 8.37. The predicted molar refractivity (Wildman–Crippen MR) is 99.7 cm³/mol. The van der Waals surface area contributed by atoms with E-state index in [1.165, 1.54) is 0 Å². The second-order valence-corrected chi connectivity index (χ2v) is 6.84. The molecule has 25 heavy (non-hydrogen) atoms. The van der Waals surface area contributed by atoms with Gasteiger partial charge >= 0.3 is 0 Å². The van der Waals surface area contributed by atoms with E-state index in [4.69, 9.17) is 22.1 Å². The summed E-state index contributed by atoms with van der Waals surface area (Å²) in [6.45, 7) is 2.64. The number of rotatable bonds is 6. The highest BCUT2D eigenvalue weighted by atomic mass is 35.5. The summed E-state index contributed by atoms with van der Waals surface area (Å²) in [5.74, 6) is 1.33.